The Morgan fingerprint density at radius 3 is 2.37 bits per heavy atom. The van der Waals surface area contributed by atoms with Gasteiger partial charge in [-0.05, 0) is 24.7 Å². The molecule has 0 aromatic carbocycles. The number of hydrogen-bond acceptors (Lipinski definition) is 3. The summed E-state index contributed by atoms with van der Waals surface area (Å²) in [7, 11) is -3.49. The Morgan fingerprint density at radius 1 is 1.32 bits per heavy atom. The van der Waals surface area contributed by atoms with Gasteiger partial charge in [-0.25, -0.2) is 13.1 Å². The van der Waals surface area contributed by atoms with Crippen LogP contribution in [0.1, 0.15) is 52.4 Å². The topological polar surface area (TPSA) is 83.5 Å². The number of nitrogens with one attached hydrogen (secondary N) is 1. The highest BCUT2D eigenvalue weighted by atomic mass is 32.2. The highest BCUT2D eigenvalue weighted by Gasteiger charge is 2.26. The van der Waals surface area contributed by atoms with Crippen LogP contribution < -0.4 is 4.72 Å². The Morgan fingerprint density at radius 2 is 1.89 bits per heavy atom. The lowest BCUT2D eigenvalue weighted by molar-refractivity contribution is -0.139. The molecule has 1 aliphatic carbocycles. The van der Waals surface area contributed by atoms with Crippen LogP contribution in [0.15, 0.2) is 0 Å². The largest absolute Gasteiger partial charge is 0.480 e. The van der Waals surface area contributed by atoms with Crippen LogP contribution in [0.5, 0.6) is 0 Å². The van der Waals surface area contributed by atoms with Crippen LogP contribution in [0, 0.1) is 11.8 Å². The fourth-order valence-electron chi connectivity index (χ4n) is 2.57. The van der Waals surface area contributed by atoms with Crippen LogP contribution in [-0.2, 0) is 14.8 Å². The quantitative estimate of drug-likeness (QED) is 0.716. The molecule has 0 aromatic heterocycles. The van der Waals surface area contributed by atoms with Crippen molar-refractivity contribution in [1.82, 2.24) is 4.72 Å². The molecule has 2 N–H and O–H groups in total. The minimum absolute atomic E-state index is 0.0412. The molecule has 6 heteroatoms. The Balaban J connectivity index is 2.48. The monoisotopic (exact) mass is 291 g/mol. The highest BCUT2D eigenvalue weighted by molar-refractivity contribution is 7.89. The molecule has 1 fully saturated rings. The summed E-state index contributed by atoms with van der Waals surface area (Å²) in [6.45, 7) is 3.76. The lowest BCUT2D eigenvalue weighted by Crippen LogP contribution is -2.42. The second-order valence-corrected chi connectivity index (χ2v) is 7.77. The summed E-state index contributed by atoms with van der Waals surface area (Å²) < 4.78 is 26.1. The lowest BCUT2D eigenvalue weighted by Gasteiger charge is -2.17. The van der Waals surface area contributed by atoms with E-state index in [0.717, 1.165) is 12.8 Å². The van der Waals surface area contributed by atoms with Crippen LogP contribution in [0.3, 0.4) is 0 Å². The van der Waals surface area contributed by atoms with Gasteiger partial charge in [-0.15, -0.1) is 0 Å². The maximum absolute atomic E-state index is 11.9. The predicted molar refractivity (Wildman–Crippen MR) is 74.4 cm³/mol. The molecular formula is C13H25NO4S. The van der Waals surface area contributed by atoms with Crippen molar-refractivity contribution in [3.05, 3.63) is 0 Å². The van der Waals surface area contributed by atoms with Crippen molar-refractivity contribution in [1.29, 1.82) is 0 Å². The van der Waals surface area contributed by atoms with Crippen molar-refractivity contribution in [2.24, 2.45) is 11.8 Å². The normalized spacial score (nSPS) is 18.9. The zero-order chi connectivity index (χ0) is 14.5. The molecule has 5 nitrogen and oxygen atoms in total. The number of carboxylic acids is 1. The minimum Gasteiger partial charge on any atom is -0.480 e. The first-order valence-electron chi connectivity index (χ1n) is 7.03. The summed E-state index contributed by atoms with van der Waals surface area (Å²) in [6.07, 6.45) is 5.53. The molecule has 0 saturated heterocycles. The van der Waals surface area contributed by atoms with Gasteiger partial charge in [0.2, 0.25) is 10.0 Å². The van der Waals surface area contributed by atoms with Gasteiger partial charge in [-0.1, -0.05) is 39.5 Å². The predicted octanol–water partition coefficient (Wildman–Crippen LogP) is 1.99. The van der Waals surface area contributed by atoms with Gasteiger partial charge >= 0.3 is 5.97 Å². The van der Waals surface area contributed by atoms with Crippen molar-refractivity contribution in [3.63, 3.8) is 0 Å². The average molecular weight is 291 g/mol. The van der Waals surface area contributed by atoms with Crippen molar-refractivity contribution in [2.75, 3.05) is 5.75 Å². The third kappa shape index (κ3) is 6.38. The molecule has 19 heavy (non-hydrogen) atoms. The fourth-order valence-corrected chi connectivity index (χ4v) is 3.96. The molecular weight excluding hydrogens is 266 g/mol. The van der Waals surface area contributed by atoms with E-state index in [-0.39, 0.29) is 11.7 Å². The first-order chi connectivity index (χ1) is 8.80. The van der Waals surface area contributed by atoms with Crippen LogP contribution in [0.4, 0.5) is 0 Å². The van der Waals surface area contributed by atoms with Gasteiger partial charge in [0.25, 0.3) is 0 Å². The number of carboxylic acid groups (broad SMARTS) is 1. The Labute approximate surface area is 115 Å². The van der Waals surface area contributed by atoms with Gasteiger partial charge in [0.05, 0.1) is 5.75 Å². The number of carbonyl (C=O) groups is 1. The lowest BCUT2D eigenvalue weighted by atomic mass is 10.1. The van der Waals surface area contributed by atoms with Gasteiger partial charge in [0.15, 0.2) is 0 Å². The zero-order valence-electron chi connectivity index (χ0n) is 11.8. The smallest absolute Gasteiger partial charge is 0.321 e. The third-order valence-corrected chi connectivity index (χ3v) is 5.01. The molecule has 0 aromatic rings. The SMILES string of the molecule is CC(C)C[C@@H](NS(=O)(=O)CCC1CCCC1)C(=O)O. The van der Waals surface area contributed by atoms with E-state index in [1.807, 2.05) is 13.8 Å². The minimum atomic E-state index is -3.49. The molecule has 0 unspecified atom stereocenters. The van der Waals surface area contributed by atoms with Gasteiger partial charge < -0.3 is 5.11 Å². The van der Waals surface area contributed by atoms with Crippen LogP contribution in [-0.4, -0.2) is 31.3 Å². The molecule has 0 spiro atoms. The Kier molecular flexibility index (Phi) is 6.26. The fraction of sp³-hybridized carbons (Fsp3) is 0.923. The maximum atomic E-state index is 11.9. The molecule has 1 saturated carbocycles. The summed E-state index contributed by atoms with van der Waals surface area (Å²) in [6, 6.07) is -1.01. The average Bonchev–Trinajstić information content (AvgIpc) is 2.77. The van der Waals surface area contributed by atoms with Crippen molar-refractivity contribution >= 4 is 16.0 Å². The van der Waals surface area contributed by atoms with Crippen molar-refractivity contribution in [3.8, 4) is 0 Å². The molecule has 1 atom stereocenters. The molecule has 1 rings (SSSR count). The first-order valence-corrected chi connectivity index (χ1v) is 8.68. The van der Waals surface area contributed by atoms with Crippen molar-refractivity contribution < 1.29 is 18.3 Å². The standard InChI is InChI=1S/C13H25NO4S/c1-10(2)9-12(13(15)16)14-19(17,18)8-7-11-5-3-4-6-11/h10-12,14H,3-9H2,1-2H3,(H,15,16)/t12-/m1/s1. The van der Waals surface area contributed by atoms with E-state index < -0.39 is 22.0 Å². The first kappa shape index (κ1) is 16.4. The highest BCUT2D eigenvalue weighted by Crippen LogP contribution is 2.27. The van der Waals surface area contributed by atoms with E-state index >= 15 is 0 Å². The van der Waals surface area contributed by atoms with E-state index in [0.29, 0.717) is 18.8 Å². The number of hydrogen-bond donors (Lipinski definition) is 2. The second-order valence-electron chi connectivity index (χ2n) is 5.90. The summed E-state index contributed by atoms with van der Waals surface area (Å²) in [5.74, 6) is -0.429. The van der Waals surface area contributed by atoms with Crippen LogP contribution >= 0.6 is 0 Å². The van der Waals surface area contributed by atoms with Gasteiger partial charge in [-0.2, -0.15) is 0 Å². The molecule has 0 amide bonds. The zero-order valence-corrected chi connectivity index (χ0v) is 12.6. The molecule has 112 valence electrons. The molecule has 1 aliphatic rings. The number of sulfonamides is 1. The van der Waals surface area contributed by atoms with Gasteiger partial charge in [0, 0.05) is 0 Å². The maximum Gasteiger partial charge on any atom is 0.321 e. The summed E-state index contributed by atoms with van der Waals surface area (Å²) >= 11 is 0. The Hall–Kier alpha value is -0.620. The van der Waals surface area contributed by atoms with Crippen molar-refractivity contribution in [2.45, 2.75) is 58.4 Å². The molecule has 0 heterocycles. The number of aliphatic carboxylic acids is 1. The van der Waals surface area contributed by atoms with E-state index in [1.165, 1.54) is 12.8 Å². The van der Waals surface area contributed by atoms with Gasteiger partial charge in [-0.3, -0.25) is 4.79 Å². The molecule has 0 bridgehead atoms. The van der Waals surface area contributed by atoms with E-state index in [9.17, 15) is 13.2 Å². The third-order valence-electron chi connectivity index (χ3n) is 3.60. The van der Waals surface area contributed by atoms with E-state index in [1.54, 1.807) is 0 Å². The molecule has 0 aliphatic heterocycles. The van der Waals surface area contributed by atoms with Gasteiger partial charge in [0.1, 0.15) is 6.04 Å². The van der Waals surface area contributed by atoms with Crippen LogP contribution in [0.25, 0.3) is 0 Å². The van der Waals surface area contributed by atoms with Crippen LogP contribution in [0.2, 0.25) is 0 Å². The van der Waals surface area contributed by atoms with E-state index in [4.69, 9.17) is 5.11 Å². The molecule has 0 radical (unpaired) electrons. The summed E-state index contributed by atoms with van der Waals surface area (Å²) in [5.41, 5.74) is 0. The Bertz CT molecular complexity index is 385. The second kappa shape index (κ2) is 7.24. The van der Waals surface area contributed by atoms with E-state index in [2.05, 4.69) is 4.72 Å². The number of rotatable bonds is 8. The summed E-state index contributed by atoms with van der Waals surface area (Å²) in [4.78, 5) is 11.0. The summed E-state index contributed by atoms with van der Waals surface area (Å²) in [5, 5.41) is 9.04.